The van der Waals surface area contributed by atoms with Crippen molar-refractivity contribution >= 4 is 5.97 Å². The van der Waals surface area contributed by atoms with Crippen LogP contribution < -0.4 is 0 Å². The van der Waals surface area contributed by atoms with Gasteiger partial charge in [0.2, 0.25) is 0 Å². The summed E-state index contributed by atoms with van der Waals surface area (Å²) in [6.45, 7) is 9.49. The molecule has 0 N–H and O–H groups in total. The van der Waals surface area contributed by atoms with Crippen LogP contribution in [0.3, 0.4) is 0 Å². The maximum Gasteiger partial charge on any atom is 0.365 e. The number of rotatable bonds is 3. The highest BCUT2D eigenvalue weighted by Crippen LogP contribution is 1.79. The first-order valence-corrected chi connectivity index (χ1v) is 3.68. The molecule has 66 valence electrons. The van der Waals surface area contributed by atoms with Gasteiger partial charge < -0.3 is 0 Å². The summed E-state index contributed by atoms with van der Waals surface area (Å²) in [5.41, 5.74) is 0. The topological polar surface area (TPSA) is 35.5 Å². The first-order valence-electron chi connectivity index (χ1n) is 3.68. The van der Waals surface area contributed by atoms with Crippen LogP contribution in [0, 0.1) is 0 Å². The van der Waals surface area contributed by atoms with Crippen LogP contribution in [0.2, 0.25) is 0 Å². The normalized spacial score (nSPS) is 7.55. The highest BCUT2D eigenvalue weighted by atomic mass is 17.2. The van der Waals surface area contributed by atoms with Crippen molar-refractivity contribution in [3.8, 4) is 0 Å². The molecule has 0 saturated heterocycles. The lowest BCUT2D eigenvalue weighted by Gasteiger charge is -1.93. The molecule has 3 heteroatoms. The molecular formula is C8H16O3. The Kier molecular flexibility index (Phi) is 13.9. The second kappa shape index (κ2) is 11.9. The number of hydrogen-bond acceptors (Lipinski definition) is 3. The third kappa shape index (κ3) is 17.6. The van der Waals surface area contributed by atoms with Crippen LogP contribution in [-0.2, 0) is 14.6 Å². The molecule has 0 atom stereocenters. The molecule has 3 nitrogen and oxygen atoms in total. The summed E-state index contributed by atoms with van der Waals surface area (Å²) in [6.07, 6.45) is 2.29. The summed E-state index contributed by atoms with van der Waals surface area (Å²) >= 11 is 0. The predicted molar refractivity (Wildman–Crippen MR) is 43.9 cm³/mol. The quantitative estimate of drug-likeness (QED) is 0.360. The summed E-state index contributed by atoms with van der Waals surface area (Å²) in [7, 11) is 0. The van der Waals surface area contributed by atoms with Gasteiger partial charge >= 0.3 is 5.97 Å². The lowest BCUT2D eigenvalue weighted by atomic mass is 10.6. The van der Waals surface area contributed by atoms with Gasteiger partial charge in [0.05, 0.1) is 6.61 Å². The number of carbonyl (C=O) groups is 1. The standard InChI is InChI=1S/C5H8O3.C3H8/c1-3-5(6)8-7-4-2;1-3-2/h3H,1,4H2,2H3;3H2,1-2H3. The fourth-order valence-electron chi connectivity index (χ4n) is 0.151. The summed E-state index contributed by atoms with van der Waals surface area (Å²) in [5.74, 6) is -0.563. The van der Waals surface area contributed by atoms with Crippen molar-refractivity contribution in [1.29, 1.82) is 0 Å². The molecule has 0 bridgehead atoms. The number of carbonyl (C=O) groups excluding carboxylic acids is 1. The minimum absolute atomic E-state index is 0.361. The Morgan fingerprint density at radius 2 is 1.91 bits per heavy atom. The molecule has 0 rings (SSSR count). The molecule has 0 fully saturated rings. The van der Waals surface area contributed by atoms with Gasteiger partial charge in [-0.25, -0.2) is 4.79 Å². The second-order valence-electron chi connectivity index (χ2n) is 1.72. The highest BCUT2D eigenvalue weighted by molar-refractivity contribution is 5.80. The Labute approximate surface area is 67.9 Å². The first-order chi connectivity index (χ1) is 5.22. The average Bonchev–Trinajstić information content (AvgIpc) is 2.02. The number of hydrogen-bond donors (Lipinski definition) is 0. The van der Waals surface area contributed by atoms with Crippen LogP contribution in [0.25, 0.3) is 0 Å². The SMILES string of the molecule is C=CC(=O)OOCC.CCC. The summed E-state index contributed by atoms with van der Waals surface area (Å²) < 4.78 is 0. The van der Waals surface area contributed by atoms with E-state index in [1.54, 1.807) is 6.92 Å². The fourth-order valence-corrected chi connectivity index (χ4v) is 0.151. The molecule has 0 amide bonds. The molecule has 0 saturated carbocycles. The van der Waals surface area contributed by atoms with Gasteiger partial charge in [0, 0.05) is 6.08 Å². The van der Waals surface area contributed by atoms with Crippen molar-refractivity contribution in [2.75, 3.05) is 6.61 Å². The van der Waals surface area contributed by atoms with Gasteiger partial charge in [-0.15, -0.1) is 0 Å². The summed E-state index contributed by atoms with van der Waals surface area (Å²) in [6, 6.07) is 0. The minimum atomic E-state index is -0.563. The van der Waals surface area contributed by atoms with E-state index in [2.05, 4.69) is 30.2 Å². The Balaban J connectivity index is 0. The predicted octanol–water partition coefficient (Wildman–Crippen LogP) is 2.08. The monoisotopic (exact) mass is 160 g/mol. The maximum absolute atomic E-state index is 10.1. The molecule has 0 radical (unpaired) electrons. The van der Waals surface area contributed by atoms with Gasteiger partial charge in [-0.1, -0.05) is 26.8 Å². The first kappa shape index (κ1) is 12.8. The van der Waals surface area contributed by atoms with E-state index < -0.39 is 5.97 Å². The van der Waals surface area contributed by atoms with Crippen molar-refractivity contribution in [2.45, 2.75) is 27.2 Å². The Morgan fingerprint density at radius 1 is 1.45 bits per heavy atom. The Morgan fingerprint density at radius 3 is 2.18 bits per heavy atom. The average molecular weight is 160 g/mol. The van der Waals surface area contributed by atoms with Crippen LogP contribution in [0.4, 0.5) is 0 Å². The van der Waals surface area contributed by atoms with Crippen LogP contribution in [0.1, 0.15) is 27.2 Å². The van der Waals surface area contributed by atoms with Crippen LogP contribution in [0.15, 0.2) is 12.7 Å². The van der Waals surface area contributed by atoms with E-state index in [9.17, 15) is 4.79 Å². The zero-order chi connectivity index (χ0) is 9.11. The van der Waals surface area contributed by atoms with Gasteiger partial charge in [-0.3, -0.25) is 4.89 Å². The molecule has 0 aliphatic heterocycles. The van der Waals surface area contributed by atoms with Gasteiger partial charge in [-0.2, -0.15) is 4.89 Å². The Bertz CT molecular complexity index is 99.5. The van der Waals surface area contributed by atoms with Gasteiger partial charge in [-0.05, 0) is 6.92 Å². The van der Waals surface area contributed by atoms with Crippen molar-refractivity contribution < 1.29 is 14.6 Å². The van der Waals surface area contributed by atoms with Gasteiger partial charge in [0.1, 0.15) is 0 Å². The molecule has 0 aromatic rings. The third-order valence-corrected chi connectivity index (χ3v) is 0.426. The molecule has 0 aliphatic carbocycles. The van der Waals surface area contributed by atoms with Crippen molar-refractivity contribution in [3.05, 3.63) is 12.7 Å². The van der Waals surface area contributed by atoms with Crippen LogP contribution >= 0.6 is 0 Å². The van der Waals surface area contributed by atoms with Gasteiger partial charge in [0.25, 0.3) is 0 Å². The minimum Gasteiger partial charge on any atom is -0.294 e. The van der Waals surface area contributed by atoms with E-state index in [0.29, 0.717) is 6.61 Å². The zero-order valence-electron chi connectivity index (χ0n) is 7.42. The largest absolute Gasteiger partial charge is 0.365 e. The van der Waals surface area contributed by atoms with E-state index in [1.165, 1.54) is 6.42 Å². The highest BCUT2D eigenvalue weighted by Gasteiger charge is 1.91. The molecular weight excluding hydrogens is 144 g/mol. The Hall–Kier alpha value is -0.830. The van der Waals surface area contributed by atoms with Crippen molar-refractivity contribution in [3.63, 3.8) is 0 Å². The summed E-state index contributed by atoms with van der Waals surface area (Å²) in [4.78, 5) is 18.5. The van der Waals surface area contributed by atoms with Crippen molar-refractivity contribution in [1.82, 2.24) is 0 Å². The molecule has 11 heavy (non-hydrogen) atoms. The molecule has 0 aromatic carbocycles. The van der Waals surface area contributed by atoms with E-state index >= 15 is 0 Å². The van der Waals surface area contributed by atoms with E-state index in [4.69, 9.17) is 0 Å². The molecule has 0 aliphatic rings. The van der Waals surface area contributed by atoms with E-state index in [-0.39, 0.29) is 0 Å². The molecule has 0 heterocycles. The fraction of sp³-hybridized carbons (Fsp3) is 0.625. The maximum atomic E-state index is 10.1. The van der Waals surface area contributed by atoms with Gasteiger partial charge in [0.15, 0.2) is 0 Å². The second-order valence-corrected chi connectivity index (χ2v) is 1.72. The molecule has 0 spiro atoms. The molecule has 0 unspecified atom stereocenters. The zero-order valence-corrected chi connectivity index (χ0v) is 7.42. The summed E-state index contributed by atoms with van der Waals surface area (Å²) in [5, 5.41) is 0. The van der Waals surface area contributed by atoms with Crippen LogP contribution in [-0.4, -0.2) is 12.6 Å². The van der Waals surface area contributed by atoms with Crippen molar-refractivity contribution in [2.24, 2.45) is 0 Å². The van der Waals surface area contributed by atoms with Crippen LogP contribution in [0.5, 0.6) is 0 Å². The van der Waals surface area contributed by atoms with E-state index in [1.807, 2.05) is 0 Å². The third-order valence-electron chi connectivity index (χ3n) is 0.426. The smallest absolute Gasteiger partial charge is 0.294 e. The van der Waals surface area contributed by atoms with E-state index in [0.717, 1.165) is 6.08 Å². The lowest BCUT2D eigenvalue weighted by Crippen LogP contribution is -2.00. The molecule has 0 aromatic heterocycles. The lowest BCUT2D eigenvalue weighted by molar-refractivity contribution is -0.264.